The van der Waals surface area contributed by atoms with Crippen LogP contribution in [-0.2, 0) is 28.6 Å². The Morgan fingerprint density at radius 2 is 0.574 bits per heavy atom. The summed E-state index contributed by atoms with van der Waals surface area (Å²) in [4.78, 5) is 38.0. The molecule has 0 fully saturated rings. The molecule has 0 saturated heterocycles. The maximum absolute atomic E-state index is 12.8. The summed E-state index contributed by atoms with van der Waals surface area (Å²) in [6.45, 7) is 13.7. The lowest BCUT2D eigenvalue weighted by Gasteiger charge is -2.18. The fraction of sp³-hybridized carbons (Fsp3) is 0.945. The highest BCUT2D eigenvalue weighted by Gasteiger charge is 2.19. The lowest BCUT2D eigenvalue weighted by atomic mass is 9.99. The van der Waals surface area contributed by atoms with Crippen molar-refractivity contribution >= 4 is 17.9 Å². The van der Waals surface area contributed by atoms with Crippen LogP contribution < -0.4 is 0 Å². The number of ether oxygens (including phenoxy) is 3. The zero-order valence-corrected chi connectivity index (χ0v) is 42.0. The summed E-state index contributed by atoms with van der Waals surface area (Å²) in [6, 6.07) is 0. The highest BCUT2D eigenvalue weighted by atomic mass is 16.6. The molecule has 0 aliphatic rings. The van der Waals surface area contributed by atoms with Gasteiger partial charge in [-0.1, -0.05) is 260 Å². The third kappa shape index (κ3) is 46.2. The first-order valence-corrected chi connectivity index (χ1v) is 27.2. The van der Waals surface area contributed by atoms with Gasteiger partial charge in [-0.25, -0.2) is 0 Å². The molecular formula is C55H106O6. The molecule has 0 amide bonds. The summed E-state index contributed by atoms with van der Waals surface area (Å²) in [5, 5.41) is 0. The van der Waals surface area contributed by atoms with E-state index in [-0.39, 0.29) is 31.1 Å². The number of hydrogen-bond donors (Lipinski definition) is 0. The zero-order valence-electron chi connectivity index (χ0n) is 42.0. The number of unbranched alkanes of at least 4 members (excludes halogenated alkanes) is 29. The van der Waals surface area contributed by atoms with Crippen LogP contribution in [0.25, 0.3) is 0 Å². The van der Waals surface area contributed by atoms with Gasteiger partial charge in [-0.15, -0.1) is 0 Å². The molecule has 0 aromatic heterocycles. The molecule has 362 valence electrons. The first kappa shape index (κ1) is 59.4. The van der Waals surface area contributed by atoms with Gasteiger partial charge in [0.25, 0.3) is 0 Å². The molecule has 6 nitrogen and oxygen atoms in total. The maximum atomic E-state index is 12.8. The molecule has 0 aliphatic heterocycles. The van der Waals surface area contributed by atoms with Gasteiger partial charge in [0, 0.05) is 19.3 Å². The minimum Gasteiger partial charge on any atom is -0.462 e. The van der Waals surface area contributed by atoms with E-state index in [9.17, 15) is 14.4 Å². The largest absolute Gasteiger partial charge is 0.462 e. The van der Waals surface area contributed by atoms with Gasteiger partial charge >= 0.3 is 17.9 Å². The van der Waals surface area contributed by atoms with Crippen molar-refractivity contribution in [2.24, 2.45) is 17.8 Å². The van der Waals surface area contributed by atoms with E-state index >= 15 is 0 Å². The third-order valence-electron chi connectivity index (χ3n) is 13.1. The van der Waals surface area contributed by atoms with E-state index in [1.165, 1.54) is 180 Å². The monoisotopic (exact) mass is 863 g/mol. The molecule has 0 N–H and O–H groups in total. The average Bonchev–Trinajstić information content (AvgIpc) is 3.24. The van der Waals surface area contributed by atoms with E-state index in [0.29, 0.717) is 19.3 Å². The van der Waals surface area contributed by atoms with E-state index in [1.54, 1.807) is 0 Å². The summed E-state index contributed by atoms with van der Waals surface area (Å²) in [5.41, 5.74) is 0. The topological polar surface area (TPSA) is 78.9 Å². The normalized spacial score (nSPS) is 13.0. The number of carbonyl (C=O) groups excluding carboxylic acids is 3. The number of esters is 3. The molecule has 6 heteroatoms. The Labute approximate surface area is 380 Å². The van der Waals surface area contributed by atoms with Gasteiger partial charge in [-0.3, -0.25) is 14.4 Å². The zero-order chi connectivity index (χ0) is 44.9. The second kappa shape index (κ2) is 46.4. The summed E-state index contributed by atoms with van der Waals surface area (Å²) >= 11 is 0. The van der Waals surface area contributed by atoms with Gasteiger partial charge in [0.1, 0.15) is 13.2 Å². The van der Waals surface area contributed by atoms with Crippen molar-refractivity contribution < 1.29 is 28.6 Å². The van der Waals surface area contributed by atoms with Crippen LogP contribution in [0, 0.1) is 17.8 Å². The van der Waals surface area contributed by atoms with E-state index in [4.69, 9.17) is 14.2 Å². The molecule has 0 aromatic carbocycles. The average molecular weight is 863 g/mol. The van der Waals surface area contributed by atoms with E-state index in [2.05, 4.69) is 41.5 Å². The van der Waals surface area contributed by atoms with Crippen molar-refractivity contribution in [1.29, 1.82) is 0 Å². The van der Waals surface area contributed by atoms with Crippen molar-refractivity contribution in [1.82, 2.24) is 0 Å². The van der Waals surface area contributed by atoms with E-state index in [0.717, 1.165) is 75.5 Å². The van der Waals surface area contributed by atoms with Gasteiger partial charge in [-0.2, -0.15) is 0 Å². The summed E-state index contributed by atoms with van der Waals surface area (Å²) in [5.74, 6) is 1.69. The second-order valence-corrected chi connectivity index (χ2v) is 19.8. The standard InChI is InChI=1S/C55H106O6/c1-7-50(5)42-36-30-24-20-16-11-9-10-12-17-21-25-32-38-44-53(56)59-47-52(48-60-54(57)45-39-33-28-27-31-37-43-51(6)8-2)61-55(58)46-40-34-26-22-18-14-13-15-19-23-29-35-41-49(3)4/h49-52H,7-48H2,1-6H3/t50?,51?,52-/m0/s1. The maximum Gasteiger partial charge on any atom is 0.306 e. The second-order valence-electron chi connectivity index (χ2n) is 19.8. The van der Waals surface area contributed by atoms with Crippen molar-refractivity contribution in [3.8, 4) is 0 Å². The summed E-state index contributed by atoms with van der Waals surface area (Å²) < 4.78 is 16.8. The van der Waals surface area contributed by atoms with Crippen molar-refractivity contribution in [2.45, 2.75) is 304 Å². The predicted molar refractivity (Wildman–Crippen MR) is 261 cm³/mol. The van der Waals surface area contributed by atoms with Crippen molar-refractivity contribution in [3.05, 3.63) is 0 Å². The molecule has 0 heterocycles. The van der Waals surface area contributed by atoms with Crippen molar-refractivity contribution in [2.75, 3.05) is 13.2 Å². The summed E-state index contributed by atoms with van der Waals surface area (Å²) in [7, 11) is 0. The van der Waals surface area contributed by atoms with Gasteiger partial charge in [0.15, 0.2) is 6.10 Å². The molecule has 0 rings (SSSR count). The SMILES string of the molecule is CCC(C)CCCCCCCCCCCCCCCCC(=O)OC[C@@H](COC(=O)CCCCCCCCC(C)CC)OC(=O)CCCCCCCCCCCCCCC(C)C. The van der Waals surface area contributed by atoms with Crippen LogP contribution in [0.4, 0.5) is 0 Å². The minimum absolute atomic E-state index is 0.0648. The van der Waals surface area contributed by atoms with Crippen LogP contribution in [0.15, 0.2) is 0 Å². The Balaban J connectivity index is 4.28. The summed E-state index contributed by atoms with van der Waals surface area (Å²) in [6.07, 6.45) is 46.6. The molecule has 0 aliphatic carbocycles. The molecule has 61 heavy (non-hydrogen) atoms. The number of hydrogen-bond acceptors (Lipinski definition) is 6. The molecule has 3 atom stereocenters. The Bertz CT molecular complexity index is 949. The van der Waals surface area contributed by atoms with Crippen LogP contribution in [0.1, 0.15) is 298 Å². The van der Waals surface area contributed by atoms with Crippen LogP contribution in [-0.4, -0.2) is 37.2 Å². The molecule has 0 radical (unpaired) electrons. The van der Waals surface area contributed by atoms with E-state index in [1.807, 2.05) is 0 Å². The van der Waals surface area contributed by atoms with Gasteiger partial charge in [-0.05, 0) is 37.0 Å². The predicted octanol–water partition coefficient (Wildman–Crippen LogP) is 17.6. The first-order valence-electron chi connectivity index (χ1n) is 27.2. The Hall–Kier alpha value is -1.59. The highest BCUT2D eigenvalue weighted by molar-refractivity contribution is 5.71. The molecule has 0 saturated carbocycles. The lowest BCUT2D eigenvalue weighted by molar-refractivity contribution is -0.167. The quantitative estimate of drug-likeness (QED) is 0.0344. The smallest absolute Gasteiger partial charge is 0.306 e. The lowest BCUT2D eigenvalue weighted by Crippen LogP contribution is -2.30. The number of rotatable bonds is 48. The molecular weight excluding hydrogens is 757 g/mol. The van der Waals surface area contributed by atoms with Crippen LogP contribution in [0.3, 0.4) is 0 Å². The minimum atomic E-state index is -0.763. The van der Waals surface area contributed by atoms with Crippen LogP contribution in [0.5, 0.6) is 0 Å². The van der Waals surface area contributed by atoms with Crippen LogP contribution >= 0.6 is 0 Å². The molecule has 0 bridgehead atoms. The number of carbonyl (C=O) groups is 3. The fourth-order valence-corrected chi connectivity index (χ4v) is 8.23. The van der Waals surface area contributed by atoms with Gasteiger partial charge in [0.2, 0.25) is 0 Å². The highest BCUT2D eigenvalue weighted by Crippen LogP contribution is 2.19. The molecule has 0 aromatic rings. The third-order valence-corrected chi connectivity index (χ3v) is 13.1. The van der Waals surface area contributed by atoms with Crippen molar-refractivity contribution in [3.63, 3.8) is 0 Å². The van der Waals surface area contributed by atoms with Gasteiger partial charge < -0.3 is 14.2 Å². The Morgan fingerprint density at radius 3 is 0.852 bits per heavy atom. The Morgan fingerprint density at radius 1 is 0.328 bits per heavy atom. The first-order chi connectivity index (χ1) is 29.7. The Kier molecular flexibility index (Phi) is 45.2. The molecule has 0 spiro atoms. The van der Waals surface area contributed by atoms with Gasteiger partial charge in [0.05, 0.1) is 0 Å². The van der Waals surface area contributed by atoms with E-state index < -0.39 is 6.10 Å². The van der Waals surface area contributed by atoms with Crippen LogP contribution in [0.2, 0.25) is 0 Å². The fourth-order valence-electron chi connectivity index (χ4n) is 8.23. The molecule has 2 unspecified atom stereocenters.